The zero-order valence-electron chi connectivity index (χ0n) is 34.1. The van der Waals surface area contributed by atoms with E-state index in [4.69, 9.17) is 18.5 Å². The summed E-state index contributed by atoms with van der Waals surface area (Å²) in [6.45, 7) is 4.92. The standard InChI is InChI=1S/C42H82NO7P/c1-6-8-10-12-14-16-18-20-22-23-25-27-29-31-33-35-42(44)50-41(40-49-51(45,46)48-38-36-43(3,4)5)39-47-37-34-32-30-28-26-24-21-19-17-15-13-11-9-7-2/h20,22,34,37,41H,6-19,21,23-33,35-36,38-40H2,1-5H3/p+1/b22-20+,37-34-/t41-/m1/s1. The van der Waals surface area contributed by atoms with Gasteiger partial charge in [-0.2, -0.15) is 0 Å². The number of carbonyl (C=O) groups excluding carboxylic acids is 1. The monoisotopic (exact) mass is 745 g/mol. The van der Waals surface area contributed by atoms with E-state index in [0.717, 1.165) is 44.9 Å². The lowest BCUT2D eigenvalue weighted by Crippen LogP contribution is -2.37. The smallest absolute Gasteiger partial charge is 0.472 e. The molecule has 1 unspecified atom stereocenters. The Morgan fingerprint density at radius 2 is 1.04 bits per heavy atom. The van der Waals surface area contributed by atoms with Gasteiger partial charge in [-0.25, -0.2) is 4.57 Å². The van der Waals surface area contributed by atoms with Crippen molar-refractivity contribution in [3.63, 3.8) is 0 Å². The third kappa shape index (κ3) is 39.9. The van der Waals surface area contributed by atoms with Gasteiger partial charge in [0.2, 0.25) is 0 Å². The maximum atomic E-state index is 12.6. The Hall–Kier alpha value is -1.18. The first-order valence-corrected chi connectivity index (χ1v) is 22.6. The van der Waals surface area contributed by atoms with E-state index in [1.165, 1.54) is 122 Å². The lowest BCUT2D eigenvalue weighted by Gasteiger charge is -2.24. The molecule has 0 aliphatic heterocycles. The highest BCUT2D eigenvalue weighted by atomic mass is 31.2. The number of carbonyl (C=O) groups is 1. The molecular formula is C42H83NO7P+. The number of likely N-dealkylation sites (N-methyl/N-ethyl adjacent to an activating group) is 1. The minimum absolute atomic E-state index is 0.0476. The van der Waals surface area contributed by atoms with Gasteiger partial charge in [0.15, 0.2) is 6.10 Å². The molecule has 0 saturated carbocycles. The van der Waals surface area contributed by atoms with Crippen LogP contribution in [-0.4, -0.2) is 69.0 Å². The van der Waals surface area contributed by atoms with Crippen LogP contribution in [-0.2, 0) is 27.9 Å². The molecule has 0 rings (SSSR count). The van der Waals surface area contributed by atoms with Crippen molar-refractivity contribution in [2.24, 2.45) is 0 Å². The molecule has 0 aromatic carbocycles. The molecule has 0 aromatic rings. The second-order valence-electron chi connectivity index (χ2n) is 15.4. The average molecular weight is 745 g/mol. The topological polar surface area (TPSA) is 91.3 Å². The molecule has 0 saturated heterocycles. The summed E-state index contributed by atoms with van der Waals surface area (Å²) < 4.78 is 34.7. The number of nitrogens with zero attached hydrogens (tertiary/aromatic N) is 1. The fraction of sp³-hybridized carbons (Fsp3) is 0.881. The summed E-state index contributed by atoms with van der Waals surface area (Å²) in [6.07, 6.45) is 40.1. The predicted octanol–water partition coefficient (Wildman–Crippen LogP) is 12.4. The van der Waals surface area contributed by atoms with Crippen molar-refractivity contribution in [1.29, 1.82) is 0 Å². The molecule has 0 spiro atoms. The molecule has 0 aliphatic rings. The number of phosphoric ester groups is 1. The molecule has 0 amide bonds. The van der Waals surface area contributed by atoms with E-state index in [1.54, 1.807) is 6.26 Å². The van der Waals surface area contributed by atoms with Gasteiger partial charge in [0.1, 0.15) is 19.8 Å². The first-order valence-electron chi connectivity index (χ1n) is 21.1. The first-order chi connectivity index (χ1) is 24.6. The highest BCUT2D eigenvalue weighted by Gasteiger charge is 2.26. The summed E-state index contributed by atoms with van der Waals surface area (Å²) in [5, 5.41) is 0. The fourth-order valence-corrected chi connectivity index (χ4v) is 6.49. The van der Waals surface area contributed by atoms with E-state index >= 15 is 0 Å². The van der Waals surface area contributed by atoms with Gasteiger partial charge in [0.05, 0.1) is 34.0 Å². The van der Waals surface area contributed by atoms with Gasteiger partial charge in [0, 0.05) is 6.42 Å². The van der Waals surface area contributed by atoms with Crippen LogP contribution < -0.4 is 0 Å². The van der Waals surface area contributed by atoms with Crippen molar-refractivity contribution < 1.29 is 37.3 Å². The summed E-state index contributed by atoms with van der Waals surface area (Å²) >= 11 is 0. The molecule has 2 atom stereocenters. The number of hydrogen-bond acceptors (Lipinski definition) is 6. The Kier molecular flexibility index (Phi) is 35.0. The van der Waals surface area contributed by atoms with E-state index < -0.39 is 13.9 Å². The molecule has 0 aliphatic carbocycles. The van der Waals surface area contributed by atoms with Gasteiger partial charge in [-0.15, -0.1) is 0 Å². The second-order valence-corrected chi connectivity index (χ2v) is 16.9. The van der Waals surface area contributed by atoms with Crippen LogP contribution in [0.15, 0.2) is 24.5 Å². The zero-order valence-corrected chi connectivity index (χ0v) is 35.0. The van der Waals surface area contributed by atoms with Crippen LogP contribution in [0.3, 0.4) is 0 Å². The van der Waals surface area contributed by atoms with Crippen LogP contribution in [0.4, 0.5) is 0 Å². The number of unbranched alkanes of at least 4 members (excludes halogenated alkanes) is 23. The minimum Gasteiger partial charge on any atom is -0.498 e. The van der Waals surface area contributed by atoms with Crippen LogP contribution in [0.5, 0.6) is 0 Å². The number of allylic oxidation sites excluding steroid dienone is 3. The van der Waals surface area contributed by atoms with Crippen molar-refractivity contribution in [2.75, 3.05) is 47.5 Å². The van der Waals surface area contributed by atoms with E-state index in [0.29, 0.717) is 17.4 Å². The lowest BCUT2D eigenvalue weighted by atomic mass is 10.0. The maximum Gasteiger partial charge on any atom is 0.472 e. The molecule has 0 aromatic heterocycles. The Bertz CT molecular complexity index is 874. The van der Waals surface area contributed by atoms with Gasteiger partial charge in [-0.1, -0.05) is 148 Å². The number of rotatable bonds is 39. The summed E-state index contributed by atoms with van der Waals surface area (Å²) in [6, 6.07) is 0. The second kappa shape index (κ2) is 35.8. The Morgan fingerprint density at radius 3 is 1.51 bits per heavy atom. The third-order valence-corrected chi connectivity index (χ3v) is 10.1. The molecular weight excluding hydrogens is 661 g/mol. The SMILES string of the molecule is CCCCCCCC/C=C/CCCCCCCC(=O)O[C@H](CO/C=C\CCCCCCCCCCCCCC)COP(=O)(O)OCC[N+](C)(C)C. The summed E-state index contributed by atoms with van der Waals surface area (Å²) in [4.78, 5) is 22.8. The van der Waals surface area contributed by atoms with E-state index in [1.807, 2.05) is 27.2 Å². The third-order valence-electron chi connectivity index (χ3n) is 9.08. The summed E-state index contributed by atoms with van der Waals surface area (Å²) in [7, 11) is 1.63. The highest BCUT2D eigenvalue weighted by molar-refractivity contribution is 7.47. The van der Waals surface area contributed by atoms with Gasteiger partial charge < -0.3 is 18.9 Å². The van der Waals surface area contributed by atoms with E-state index in [2.05, 4.69) is 26.0 Å². The zero-order chi connectivity index (χ0) is 37.7. The van der Waals surface area contributed by atoms with Gasteiger partial charge in [0.25, 0.3) is 0 Å². The van der Waals surface area contributed by atoms with Crippen molar-refractivity contribution >= 4 is 13.8 Å². The number of hydrogen-bond donors (Lipinski definition) is 1. The minimum atomic E-state index is -4.29. The van der Waals surface area contributed by atoms with Crippen molar-refractivity contribution in [3.05, 3.63) is 24.5 Å². The molecule has 8 nitrogen and oxygen atoms in total. The van der Waals surface area contributed by atoms with E-state index in [-0.39, 0.29) is 25.8 Å². The Balaban J connectivity index is 4.32. The fourth-order valence-electron chi connectivity index (χ4n) is 5.75. The van der Waals surface area contributed by atoms with Crippen LogP contribution in [0, 0.1) is 0 Å². The first kappa shape index (κ1) is 49.8. The maximum absolute atomic E-state index is 12.6. The van der Waals surface area contributed by atoms with Gasteiger partial charge in [-0.05, 0) is 51.0 Å². The molecule has 302 valence electrons. The predicted molar refractivity (Wildman–Crippen MR) is 215 cm³/mol. The van der Waals surface area contributed by atoms with Crippen LogP contribution >= 0.6 is 7.82 Å². The lowest BCUT2D eigenvalue weighted by molar-refractivity contribution is -0.870. The van der Waals surface area contributed by atoms with Crippen molar-refractivity contribution in [3.8, 4) is 0 Å². The Morgan fingerprint density at radius 1 is 0.608 bits per heavy atom. The number of phosphoric acid groups is 1. The highest BCUT2D eigenvalue weighted by Crippen LogP contribution is 2.43. The van der Waals surface area contributed by atoms with Gasteiger partial charge >= 0.3 is 13.8 Å². The van der Waals surface area contributed by atoms with Crippen molar-refractivity contribution in [2.45, 2.75) is 193 Å². The number of ether oxygens (including phenoxy) is 2. The Labute approximate surface area is 315 Å². The number of esters is 1. The quantitative estimate of drug-likeness (QED) is 0.0167. The normalized spacial score (nSPS) is 14.0. The molecule has 9 heteroatoms. The van der Waals surface area contributed by atoms with Crippen LogP contribution in [0.25, 0.3) is 0 Å². The molecule has 0 bridgehead atoms. The van der Waals surface area contributed by atoms with Crippen LogP contribution in [0.2, 0.25) is 0 Å². The van der Waals surface area contributed by atoms with Crippen molar-refractivity contribution in [1.82, 2.24) is 0 Å². The summed E-state index contributed by atoms with van der Waals surface area (Å²) in [5.41, 5.74) is 0. The van der Waals surface area contributed by atoms with Crippen LogP contribution in [0.1, 0.15) is 187 Å². The molecule has 0 heterocycles. The molecule has 0 fully saturated rings. The summed E-state index contributed by atoms with van der Waals surface area (Å²) in [5.74, 6) is -0.343. The van der Waals surface area contributed by atoms with Gasteiger partial charge in [-0.3, -0.25) is 13.8 Å². The molecule has 1 N–H and O–H groups in total. The number of quaternary nitrogens is 1. The average Bonchev–Trinajstić information content (AvgIpc) is 3.08. The molecule has 0 radical (unpaired) electrons. The van der Waals surface area contributed by atoms with E-state index in [9.17, 15) is 14.3 Å². The largest absolute Gasteiger partial charge is 0.498 e. The molecule has 51 heavy (non-hydrogen) atoms.